The summed E-state index contributed by atoms with van der Waals surface area (Å²) in [7, 11) is 0. The first-order valence-corrected chi connectivity index (χ1v) is 13.0. The number of anilines is 2. The van der Waals surface area contributed by atoms with Gasteiger partial charge < -0.3 is 35.1 Å². The molecule has 3 aromatic heterocycles. The summed E-state index contributed by atoms with van der Waals surface area (Å²) in [4.78, 5) is 40.2. The molecule has 0 aromatic carbocycles. The quantitative estimate of drug-likeness (QED) is 0.285. The van der Waals surface area contributed by atoms with Gasteiger partial charge in [-0.15, -0.1) is 0 Å². The second-order valence-corrected chi connectivity index (χ2v) is 9.66. The molecule has 0 bridgehead atoms. The average Bonchev–Trinajstić information content (AvgIpc) is 3.77. The number of rotatable bonds is 9. The van der Waals surface area contributed by atoms with Crippen molar-refractivity contribution in [1.29, 1.82) is 0 Å². The van der Waals surface area contributed by atoms with Crippen LogP contribution in [0.5, 0.6) is 0 Å². The normalized spacial score (nSPS) is 24.0. The molecular weight excluding hydrogens is 546 g/mol. The van der Waals surface area contributed by atoms with Gasteiger partial charge in [0.05, 0.1) is 63.1 Å². The highest BCUT2D eigenvalue weighted by atomic mass is 19.3. The predicted octanol–water partition coefficient (Wildman–Crippen LogP) is -0.391. The molecule has 17 heteroatoms. The third kappa shape index (κ3) is 5.42. The van der Waals surface area contributed by atoms with Crippen molar-refractivity contribution >= 4 is 34.7 Å². The number of carbonyl (C=O) groups excluding carboxylic acids is 2. The molecule has 4 atom stereocenters. The van der Waals surface area contributed by atoms with Gasteiger partial charge in [-0.3, -0.25) is 14.2 Å². The summed E-state index contributed by atoms with van der Waals surface area (Å²) >= 11 is 0. The SMILES string of the molecule is C=CC(=O)N[C@H]1CO[C@H]2[C@@H]1OC[C@@H]2NC(=O)CNc1nc(N2CCOCC2)nc2c1ncn2-c1cnn(C(F)F)c1. The lowest BCUT2D eigenvalue weighted by Gasteiger charge is -2.27. The van der Waals surface area contributed by atoms with Crippen LogP contribution in [0.3, 0.4) is 0 Å². The Labute approximate surface area is 231 Å². The van der Waals surface area contributed by atoms with Crippen LogP contribution < -0.4 is 20.9 Å². The Balaban J connectivity index is 1.18. The van der Waals surface area contributed by atoms with E-state index in [0.29, 0.717) is 59.6 Å². The number of nitrogens with one attached hydrogen (secondary N) is 3. The number of halogens is 2. The zero-order valence-corrected chi connectivity index (χ0v) is 21.8. The van der Waals surface area contributed by atoms with E-state index >= 15 is 0 Å². The molecular formula is C24H28F2N10O5. The third-order valence-corrected chi connectivity index (χ3v) is 7.07. The van der Waals surface area contributed by atoms with E-state index in [4.69, 9.17) is 14.2 Å². The summed E-state index contributed by atoms with van der Waals surface area (Å²) in [6, 6.07) is -0.735. The number of imidazole rings is 1. The van der Waals surface area contributed by atoms with Crippen LogP contribution in [-0.4, -0.2) is 111 Å². The van der Waals surface area contributed by atoms with Crippen molar-refractivity contribution in [1.82, 2.24) is 39.9 Å². The Morgan fingerprint density at radius 2 is 1.85 bits per heavy atom. The van der Waals surface area contributed by atoms with Gasteiger partial charge in [0.2, 0.25) is 17.8 Å². The summed E-state index contributed by atoms with van der Waals surface area (Å²) < 4.78 is 45.4. The van der Waals surface area contributed by atoms with E-state index < -0.39 is 18.7 Å². The molecule has 0 radical (unpaired) electrons. The van der Waals surface area contributed by atoms with Crippen molar-refractivity contribution in [3.05, 3.63) is 31.4 Å². The maximum Gasteiger partial charge on any atom is 0.333 e. The van der Waals surface area contributed by atoms with Crippen molar-refractivity contribution in [2.75, 3.05) is 56.3 Å². The minimum absolute atomic E-state index is 0.143. The Hall–Kier alpha value is -4.22. The fourth-order valence-corrected chi connectivity index (χ4v) is 5.07. The van der Waals surface area contributed by atoms with E-state index in [0.717, 1.165) is 0 Å². The number of hydrogen-bond donors (Lipinski definition) is 3. The number of ether oxygens (including phenoxy) is 3. The van der Waals surface area contributed by atoms with Crippen molar-refractivity contribution in [3.8, 4) is 5.69 Å². The van der Waals surface area contributed by atoms with Crippen LogP contribution in [0.2, 0.25) is 0 Å². The largest absolute Gasteiger partial charge is 0.378 e. The summed E-state index contributed by atoms with van der Waals surface area (Å²) in [5, 5.41) is 12.4. The highest BCUT2D eigenvalue weighted by Crippen LogP contribution is 2.28. The molecule has 3 aliphatic heterocycles. The van der Waals surface area contributed by atoms with Crippen molar-refractivity contribution < 1.29 is 32.6 Å². The fraction of sp³-hybridized carbons (Fsp3) is 0.500. The minimum atomic E-state index is -2.79. The molecule has 0 aliphatic carbocycles. The van der Waals surface area contributed by atoms with E-state index in [2.05, 4.69) is 42.6 Å². The van der Waals surface area contributed by atoms with Crippen LogP contribution in [0.15, 0.2) is 31.4 Å². The first-order valence-electron chi connectivity index (χ1n) is 13.0. The molecule has 41 heavy (non-hydrogen) atoms. The lowest BCUT2D eigenvalue weighted by atomic mass is 10.1. The van der Waals surface area contributed by atoms with Crippen LogP contribution in [0.1, 0.15) is 6.55 Å². The second kappa shape index (κ2) is 11.3. The van der Waals surface area contributed by atoms with Gasteiger partial charge in [-0.1, -0.05) is 6.58 Å². The number of fused-ring (bicyclic) bond motifs is 2. The number of morpholine rings is 1. The Kier molecular flexibility index (Phi) is 7.46. The van der Waals surface area contributed by atoms with Crippen molar-refractivity contribution in [2.45, 2.75) is 30.8 Å². The molecule has 3 saturated heterocycles. The number of nitrogens with zero attached hydrogens (tertiary/aromatic N) is 7. The first-order chi connectivity index (χ1) is 19.9. The Morgan fingerprint density at radius 1 is 1.12 bits per heavy atom. The molecule has 3 aromatic rings. The van der Waals surface area contributed by atoms with Crippen LogP contribution in [0.4, 0.5) is 20.5 Å². The first kappa shape index (κ1) is 27.0. The lowest BCUT2D eigenvalue weighted by molar-refractivity contribution is -0.120. The van der Waals surface area contributed by atoms with Crippen LogP contribution in [0, 0.1) is 0 Å². The Morgan fingerprint density at radius 3 is 2.54 bits per heavy atom. The number of alkyl halides is 2. The summed E-state index contributed by atoms with van der Waals surface area (Å²) in [5.74, 6) is 0.0263. The summed E-state index contributed by atoms with van der Waals surface area (Å²) in [6.07, 6.45) is 4.32. The third-order valence-electron chi connectivity index (χ3n) is 7.07. The smallest absolute Gasteiger partial charge is 0.333 e. The minimum Gasteiger partial charge on any atom is -0.378 e. The molecule has 218 valence electrons. The van der Waals surface area contributed by atoms with Gasteiger partial charge in [0.15, 0.2) is 17.0 Å². The van der Waals surface area contributed by atoms with Gasteiger partial charge in [0, 0.05) is 13.1 Å². The molecule has 6 heterocycles. The monoisotopic (exact) mass is 574 g/mol. The van der Waals surface area contributed by atoms with Gasteiger partial charge in [-0.2, -0.15) is 23.8 Å². The molecule has 3 aliphatic rings. The molecule has 3 fully saturated rings. The topological polar surface area (TPSA) is 163 Å². The predicted molar refractivity (Wildman–Crippen MR) is 139 cm³/mol. The van der Waals surface area contributed by atoms with Crippen molar-refractivity contribution in [2.24, 2.45) is 0 Å². The highest BCUT2D eigenvalue weighted by Gasteiger charge is 2.48. The van der Waals surface area contributed by atoms with E-state index in [1.807, 2.05) is 4.90 Å². The molecule has 6 rings (SSSR count). The highest BCUT2D eigenvalue weighted by molar-refractivity contribution is 5.89. The standard InChI is InChI=1S/C24H28F2N10O5/c1-2-16(37)30-14-10-40-20-15(11-41-19(14)20)31-17(38)8-27-21-18-22(33-24(32-21)34-3-5-39-6-4-34)35(12-28-18)13-7-29-36(9-13)23(25)26/h2,7,9,12,14-15,19-20,23H,1,3-6,8,10-11H2,(H,30,37)(H,31,38)(H,27,32,33)/t14-,15-,19+,20+/m0/s1. The molecule has 3 N–H and O–H groups in total. The number of carbonyl (C=O) groups is 2. The van der Waals surface area contributed by atoms with Crippen LogP contribution in [0.25, 0.3) is 16.9 Å². The van der Waals surface area contributed by atoms with Crippen LogP contribution >= 0.6 is 0 Å². The molecule has 15 nitrogen and oxygen atoms in total. The number of amides is 2. The zero-order chi connectivity index (χ0) is 28.5. The number of aromatic nitrogens is 6. The second-order valence-electron chi connectivity index (χ2n) is 9.66. The van der Waals surface area contributed by atoms with Gasteiger partial charge in [-0.05, 0) is 6.08 Å². The molecule has 2 amide bonds. The summed E-state index contributed by atoms with van der Waals surface area (Å²) in [6.45, 7) is 3.13. The average molecular weight is 575 g/mol. The maximum atomic E-state index is 13.1. The van der Waals surface area contributed by atoms with Crippen LogP contribution in [-0.2, 0) is 23.8 Å². The lowest BCUT2D eigenvalue weighted by Crippen LogP contribution is -2.47. The molecule has 0 saturated carbocycles. The number of hydrogen-bond acceptors (Lipinski definition) is 11. The molecule has 0 unspecified atom stereocenters. The molecule has 0 spiro atoms. The Bertz CT molecular complexity index is 1440. The summed E-state index contributed by atoms with van der Waals surface area (Å²) in [5.41, 5.74) is 1.05. The maximum absolute atomic E-state index is 13.1. The van der Waals surface area contributed by atoms with E-state index in [1.165, 1.54) is 29.4 Å². The fourth-order valence-electron chi connectivity index (χ4n) is 5.07. The van der Waals surface area contributed by atoms with Gasteiger partial charge in [-0.25, -0.2) is 9.67 Å². The van der Waals surface area contributed by atoms with Crippen molar-refractivity contribution in [3.63, 3.8) is 0 Å². The van der Waals surface area contributed by atoms with E-state index in [-0.39, 0.29) is 43.7 Å². The van der Waals surface area contributed by atoms with Gasteiger partial charge in [0.1, 0.15) is 18.5 Å². The zero-order valence-electron chi connectivity index (χ0n) is 21.8. The van der Waals surface area contributed by atoms with E-state index in [1.54, 1.807) is 0 Å². The van der Waals surface area contributed by atoms with Gasteiger partial charge >= 0.3 is 6.55 Å². The van der Waals surface area contributed by atoms with Gasteiger partial charge in [0.25, 0.3) is 0 Å². The van der Waals surface area contributed by atoms with E-state index in [9.17, 15) is 18.4 Å².